The van der Waals surface area contributed by atoms with E-state index in [-0.39, 0.29) is 11.8 Å². The molecule has 0 N–H and O–H groups in total. The second kappa shape index (κ2) is 8.70. The predicted molar refractivity (Wildman–Crippen MR) is 99.5 cm³/mol. The highest BCUT2D eigenvalue weighted by Crippen LogP contribution is 2.22. The van der Waals surface area contributed by atoms with Gasteiger partial charge in [0.1, 0.15) is 0 Å². The van der Waals surface area contributed by atoms with Crippen LogP contribution < -0.4 is 0 Å². The third kappa shape index (κ3) is 4.97. The van der Waals surface area contributed by atoms with E-state index in [0.717, 1.165) is 44.3 Å². The molecule has 4 nitrogen and oxygen atoms in total. The van der Waals surface area contributed by atoms with Crippen molar-refractivity contribution in [3.8, 4) is 0 Å². The minimum atomic E-state index is 0.107. The first-order chi connectivity index (χ1) is 12.1. The molecule has 0 saturated carbocycles. The Balaban J connectivity index is 1.43. The van der Waals surface area contributed by atoms with Gasteiger partial charge in [0.15, 0.2) is 0 Å². The number of carbonyl (C=O) groups excluding carboxylic acids is 2. The van der Waals surface area contributed by atoms with Gasteiger partial charge in [0.25, 0.3) is 0 Å². The van der Waals surface area contributed by atoms with Crippen LogP contribution in [0.5, 0.6) is 0 Å². The highest BCUT2D eigenvalue weighted by molar-refractivity contribution is 6.30. The van der Waals surface area contributed by atoms with E-state index < -0.39 is 0 Å². The molecule has 5 heteroatoms. The summed E-state index contributed by atoms with van der Waals surface area (Å²) in [5.41, 5.74) is 1.09. The quantitative estimate of drug-likeness (QED) is 0.822. The Kier molecular flexibility index (Phi) is 6.35. The Morgan fingerprint density at radius 1 is 1.00 bits per heavy atom. The molecule has 2 aliphatic heterocycles. The van der Waals surface area contributed by atoms with Crippen LogP contribution in [-0.4, -0.2) is 47.8 Å². The van der Waals surface area contributed by atoms with Gasteiger partial charge in [0.2, 0.25) is 11.8 Å². The highest BCUT2D eigenvalue weighted by Gasteiger charge is 2.30. The molecule has 3 rings (SSSR count). The Hall–Kier alpha value is -1.55. The van der Waals surface area contributed by atoms with E-state index >= 15 is 0 Å². The number of aryl methyl sites for hydroxylation is 1. The van der Waals surface area contributed by atoms with Crippen molar-refractivity contribution in [2.24, 2.45) is 5.92 Å². The zero-order chi connectivity index (χ0) is 17.6. The van der Waals surface area contributed by atoms with Crippen molar-refractivity contribution in [1.29, 1.82) is 0 Å². The molecule has 2 heterocycles. The van der Waals surface area contributed by atoms with Crippen molar-refractivity contribution >= 4 is 23.4 Å². The average molecular weight is 363 g/mol. The molecule has 2 fully saturated rings. The Bertz CT molecular complexity index is 605. The van der Waals surface area contributed by atoms with E-state index in [1.807, 2.05) is 34.1 Å². The summed E-state index contributed by atoms with van der Waals surface area (Å²) in [7, 11) is 0. The van der Waals surface area contributed by atoms with E-state index in [1.165, 1.54) is 6.42 Å². The maximum atomic E-state index is 12.6. The van der Waals surface area contributed by atoms with Gasteiger partial charge in [-0.3, -0.25) is 9.59 Å². The van der Waals surface area contributed by atoms with Gasteiger partial charge in [-0.15, -0.1) is 0 Å². The van der Waals surface area contributed by atoms with E-state index in [4.69, 9.17) is 11.6 Å². The van der Waals surface area contributed by atoms with Crippen LogP contribution in [0.2, 0.25) is 5.02 Å². The van der Waals surface area contributed by atoms with Crippen molar-refractivity contribution in [3.63, 3.8) is 0 Å². The molecule has 0 radical (unpaired) electrons. The van der Waals surface area contributed by atoms with Gasteiger partial charge in [0.05, 0.1) is 0 Å². The standard InChI is InChI=1S/C20H27ClN2O2/c21-18-6-4-5-16(15-18)7-8-19(24)22-13-9-17(10-14-22)20(25)23-11-2-1-3-12-23/h4-6,15,17H,1-3,7-14H2. The number of amides is 2. The van der Waals surface area contributed by atoms with Crippen LogP contribution in [0.25, 0.3) is 0 Å². The van der Waals surface area contributed by atoms with Crippen LogP contribution in [0.15, 0.2) is 24.3 Å². The van der Waals surface area contributed by atoms with Gasteiger partial charge >= 0.3 is 0 Å². The summed E-state index contributed by atoms with van der Waals surface area (Å²) in [5, 5.41) is 0.710. The lowest BCUT2D eigenvalue weighted by Gasteiger charge is -2.35. The zero-order valence-electron chi connectivity index (χ0n) is 14.8. The first kappa shape index (κ1) is 18.2. The average Bonchev–Trinajstić information content (AvgIpc) is 2.66. The second-order valence-corrected chi connectivity index (χ2v) is 7.61. The normalized spacial score (nSPS) is 19.1. The van der Waals surface area contributed by atoms with Gasteiger partial charge < -0.3 is 9.80 Å². The number of likely N-dealkylation sites (tertiary alicyclic amines) is 2. The molecule has 2 amide bonds. The first-order valence-electron chi connectivity index (χ1n) is 9.44. The second-order valence-electron chi connectivity index (χ2n) is 7.17. The molecule has 2 aliphatic rings. The minimum absolute atomic E-state index is 0.107. The summed E-state index contributed by atoms with van der Waals surface area (Å²) in [4.78, 5) is 29.0. The lowest BCUT2D eigenvalue weighted by molar-refractivity contribution is -0.141. The lowest BCUT2D eigenvalue weighted by Crippen LogP contribution is -2.45. The van der Waals surface area contributed by atoms with Crippen molar-refractivity contribution < 1.29 is 9.59 Å². The number of halogens is 1. The fourth-order valence-electron chi connectivity index (χ4n) is 3.85. The third-order valence-corrected chi connectivity index (χ3v) is 5.62. The number of hydrogen-bond donors (Lipinski definition) is 0. The Morgan fingerprint density at radius 2 is 1.72 bits per heavy atom. The Morgan fingerprint density at radius 3 is 2.40 bits per heavy atom. The number of nitrogens with zero attached hydrogens (tertiary/aromatic N) is 2. The molecule has 0 bridgehead atoms. The fourth-order valence-corrected chi connectivity index (χ4v) is 4.06. The highest BCUT2D eigenvalue weighted by atomic mass is 35.5. The smallest absolute Gasteiger partial charge is 0.225 e. The summed E-state index contributed by atoms with van der Waals surface area (Å²) in [6, 6.07) is 7.68. The van der Waals surface area contributed by atoms with E-state index in [2.05, 4.69) is 0 Å². The molecule has 2 saturated heterocycles. The molecule has 1 aromatic carbocycles. The Labute approximate surface area is 155 Å². The van der Waals surface area contributed by atoms with Gasteiger partial charge in [-0.1, -0.05) is 23.7 Å². The molecular formula is C20H27ClN2O2. The van der Waals surface area contributed by atoms with Gasteiger partial charge in [-0.2, -0.15) is 0 Å². The van der Waals surface area contributed by atoms with Crippen molar-refractivity contribution in [1.82, 2.24) is 9.80 Å². The number of benzene rings is 1. The lowest BCUT2D eigenvalue weighted by atomic mass is 9.94. The number of rotatable bonds is 4. The summed E-state index contributed by atoms with van der Waals surface area (Å²) < 4.78 is 0. The molecule has 136 valence electrons. The van der Waals surface area contributed by atoms with Gasteiger partial charge in [-0.25, -0.2) is 0 Å². The summed E-state index contributed by atoms with van der Waals surface area (Å²) in [6.45, 7) is 3.24. The fraction of sp³-hybridized carbons (Fsp3) is 0.600. The topological polar surface area (TPSA) is 40.6 Å². The van der Waals surface area contributed by atoms with Crippen LogP contribution >= 0.6 is 11.6 Å². The molecule has 0 unspecified atom stereocenters. The molecule has 0 atom stereocenters. The molecular weight excluding hydrogens is 336 g/mol. The monoisotopic (exact) mass is 362 g/mol. The maximum absolute atomic E-state index is 12.6. The summed E-state index contributed by atoms with van der Waals surface area (Å²) in [6.07, 6.45) is 6.33. The van der Waals surface area contributed by atoms with Crippen molar-refractivity contribution in [3.05, 3.63) is 34.9 Å². The zero-order valence-corrected chi connectivity index (χ0v) is 15.5. The number of piperidine rings is 2. The van der Waals surface area contributed by atoms with Crippen molar-refractivity contribution in [2.75, 3.05) is 26.2 Å². The van der Waals surface area contributed by atoms with Crippen LogP contribution in [-0.2, 0) is 16.0 Å². The minimum Gasteiger partial charge on any atom is -0.343 e. The molecule has 1 aromatic rings. The van der Waals surface area contributed by atoms with E-state index in [1.54, 1.807) is 0 Å². The first-order valence-corrected chi connectivity index (χ1v) is 9.82. The number of carbonyl (C=O) groups is 2. The predicted octanol–water partition coefficient (Wildman–Crippen LogP) is 3.52. The van der Waals surface area contributed by atoms with Crippen LogP contribution in [0.3, 0.4) is 0 Å². The largest absolute Gasteiger partial charge is 0.343 e. The molecule has 0 aromatic heterocycles. The molecule has 0 spiro atoms. The summed E-state index contributed by atoms with van der Waals surface area (Å²) >= 11 is 5.99. The van der Waals surface area contributed by atoms with Gasteiger partial charge in [-0.05, 0) is 56.2 Å². The third-order valence-electron chi connectivity index (χ3n) is 5.38. The van der Waals surface area contributed by atoms with Crippen molar-refractivity contribution in [2.45, 2.75) is 44.9 Å². The van der Waals surface area contributed by atoms with Crippen LogP contribution in [0.1, 0.15) is 44.1 Å². The molecule has 25 heavy (non-hydrogen) atoms. The van der Waals surface area contributed by atoms with E-state index in [9.17, 15) is 9.59 Å². The van der Waals surface area contributed by atoms with E-state index in [0.29, 0.717) is 36.9 Å². The number of hydrogen-bond acceptors (Lipinski definition) is 2. The SMILES string of the molecule is O=C(CCc1cccc(Cl)c1)N1CCC(C(=O)N2CCCCC2)CC1. The van der Waals surface area contributed by atoms with Crippen LogP contribution in [0, 0.1) is 5.92 Å². The van der Waals surface area contributed by atoms with Gasteiger partial charge in [0, 0.05) is 43.5 Å². The maximum Gasteiger partial charge on any atom is 0.225 e. The summed E-state index contributed by atoms with van der Waals surface area (Å²) in [5.74, 6) is 0.602. The molecule has 0 aliphatic carbocycles. The van der Waals surface area contributed by atoms with Crippen LogP contribution in [0.4, 0.5) is 0 Å².